The first-order chi connectivity index (χ1) is 8.27. The Balaban J connectivity index is 3.20. The van der Waals surface area contributed by atoms with Crippen molar-refractivity contribution in [3.63, 3.8) is 0 Å². The van der Waals surface area contributed by atoms with Gasteiger partial charge in [-0.3, -0.25) is 4.79 Å². The molecule has 0 bridgehead atoms. The zero-order chi connectivity index (χ0) is 13.9. The van der Waals surface area contributed by atoms with E-state index in [1.54, 1.807) is 6.92 Å². The number of ketones is 1. The molecule has 5 heteroatoms. The van der Waals surface area contributed by atoms with Crippen LogP contribution in [0.1, 0.15) is 42.6 Å². The van der Waals surface area contributed by atoms with Gasteiger partial charge in [0.25, 0.3) is 0 Å². The van der Waals surface area contributed by atoms with Crippen LogP contribution in [0.15, 0.2) is 18.2 Å². The second-order valence-corrected chi connectivity index (χ2v) is 4.68. The molecular formula is C13H14ClF3O. The minimum Gasteiger partial charge on any atom is -0.294 e. The van der Waals surface area contributed by atoms with Crippen molar-refractivity contribution in [3.05, 3.63) is 34.3 Å². The van der Waals surface area contributed by atoms with E-state index >= 15 is 0 Å². The average molecular weight is 279 g/mol. The van der Waals surface area contributed by atoms with Gasteiger partial charge in [0.05, 0.1) is 5.56 Å². The number of hydrogen-bond donors (Lipinski definition) is 0. The number of alkyl halides is 3. The summed E-state index contributed by atoms with van der Waals surface area (Å²) in [5.74, 6) is -0.905. The summed E-state index contributed by atoms with van der Waals surface area (Å²) in [7, 11) is 0. The Morgan fingerprint density at radius 3 is 2.50 bits per heavy atom. The Kier molecular flexibility index (Phi) is 4.79. The quantitative estimate of drug-likeness (QED) is 0.710. The molecule has 0 saturated heterocycles. The standard InChI is InChI=1S/C13H14ClF3O/c1-3-4-8(2)12(18)10-6-5-9(14)7-11(10)13(15,16)17/h5-8H,3-4H2,1-2H3. The van der Waals surface area contributed by atoms with Gasteiger partial charge in [-0.15, -0.1) is 0 Å². The summed E-state index contributed by atoms with van der Waals surface area (Å²) in [4.78, 5) is 12.0. The Morgan fingerprint density at radius 2 is 2.00 bits per heavy atom. The zero-order valence-electron chi connectivity index (χ0n) is 10.1. The van der Waals surface area contributed by atoms with Gasteiger partial charge in [-0.05, 0) is 24.6 Å². The minimum atomic E-state index is -4.57. The molecule has 0 radical (unpaired) electrons. The number of hydrogen-bond acceptors (Lipinski definition) is 1. The van der Waals surface area contributed by atoms with Gasteiger partial charge in [-0.25, -0.2) is 0 Å². The molecule has 1 unspecified atom stereocenters. The molecule has 0 aromatic heterocycles. The topological polar surface area (TPSA) is 17.1 Å². The maximum atomic E-state index is 12.8. The molecule has 1 nitrogen and oxygen atoms in total. The van der Waals surface area contributed by atoms with E-state index in [0.717, 1.165) is 18.6 Å². The lowest BCUT2D eigenvalue weighted by molar-refractivity contribution is -0.137. The van der Waals surface area contributed by atoms with Crippen LogP contribution in [-0.4, -0.2) is 5.78 Å². The van der Waals surface area contributed by atoms with Gasteiger partial charge in [0.15, 0.2) is 5.78 Å². The highest BCUT2D eigenvalue weighted by Crippen LogP contribution is 2.35. The average Bonchev–Trinajstić information content (AvgIpc) is 2.27. The molecule has 0 fully saturated rings. The molecule has 0 saturated carbocycles. The second-order valence-electron chi connectivity index (χ2n) is 4.24. The van der Waals surface area contributed by atoms with Crippen LogP contribution in [0.25, 0.3) is 0 Å². The first-order valence-corrected chi connectivity index (χ1v) is 6.06. The fourth-order valence-electron chi connectivity index (χ4n) is 1.80. The maximum absolute atomic E-state index is 12.8. The fourth-order valence-corrected chi connectivity index (χ4v) is 1.97. The Morgan fingerprint density at radius 1 is 1.39 bits per heavy atom. The van der Waals surface area contributed by atoms with E-state index in [9.17, 15) is 18.0 Å². The maximum Gasteiger partial charge on any atom is 0.417 e. The van der Waals surface area contributed by atoms with E-state index in [-0.39, 0.29) is 10.6 Å². The largest absolute Gasteiger partial charge is 0.417 e. The molecule has 18 heavy (non-hydrogen) atoms. The molecule has 0 N–H and O–H groups in total. The van der Waals surface area contributed by atoms with Crippen LogP contribution in [0.4, 0.5) is 13.2 Å². The van der Waals surface area contributed by atoms with Gasteiger partial charge >= 0.3 is 6.18 Å². The highest BCUT2D eigenvalue weighted by atomic mass is 35.5. The summed E-state index contributed by atoms with van der Waals surface area (Å²) >= 11 is 5.56. The van der Waals surface area contributed by atoms with Crippen LogP contribution in [0.2, 0.25) is 5.02 Å². The molecule has 1 aromatic carbocycles. The van der Waals surface area contributed by atoms with Crippen LogP contribution < -0.4 is 0 Å². The normalized spacial score (nSPS) is 13.4. The monoisotopic (exact) mass is 278 g/mol. The Hall–Kier alpha value is -1.03. The molecule has 1 atom stereocenters. The zero-order valence-corrected chi connectivity index (χ0v) is 10.9. The second kappa shape index (κ2) is 5.74. The number of rotatable bonds is 4. The lowest BCUT2D eigenvalue weighted by Gasteiger charge is -2.15. The van der Waals surface area contributed by atoms with E-state index in [4.69, 9.17) is 11.6 Å². The first-order valence-electron chi connectivity index (χ1n) is 5.68. The molecule has 0 heterocycles. The summed E-state index contributed by atoms with van der Waals surface area (Å²) in [6, 6.07) is 3.26. The summed E-state index contributed by atoms with van der Waals surface area (Å²) in [5, 5.41) is -0.0259. The van der Waals surface area contributed by atoms with Crippen LogP contribution >= 0.6 is 11.6 Å². The van der Waals surface area contributed by atoms with E-state index in [1.807, 2.05) is 6.92 Å². The lowest BCUT2D eigenvalue weighted by Crippen LogP contribution is -2.18. The molecule has 0 aliphatic heterocycles. The molecular weight excluding hydrogens is 265 g/mol. The van der Waals surface area contributed by atoms with Gasteiger partial charge < -0.3 is 0 Å². The van der Waals surface area contributed by atoms with E-state index in [2.05, 4.69) is 0 Å². The van der Waals surface area contributed by atoms with Crippen LogP contribution in [0, 0.1) is 5.92 Å². The van der Waals surface area contributed by atoms with Crippen molar-refractivity contribution in [1.82, 2.24) is 0 Å². The minimum absolute atomic E-state index is 0.0259. The number of benzene rings is 1. The SMILES string of the molecule is CCCC(C)C(=O)c1ccc(Cl)cc1C(F)(F)F. The van der Waals surface area contributed by atoms with Crippen molar-refractivity contribution in [1.29, 1.82) is 0 Å². The predicted molar refractivity (Wildman–Crippen MR) is 64.9 cm³/mol. The molecule has 0 aliphatic carbocycles. The molecule has 0 spiro atoms. The summed E-state index contributed by atoms with van der Waals surface area (Å²) in [5.41, 5.74) is -1.25. The van der Waals surface area contributed by atoms with Crippen molar-refractivity contribution >= 4 is 17.4 Å². The summed E-state index contributed by atoms with van der Waals surface area (Å²) < 4.78 is 38.5. The molecule has 0 aliphatic rings. The molecule has 100 valence electrons. The molecule has 0 amide bonds. The third kappa shape index (κ3) is 3.48. The third-order valence-corrected chi connectivity index (χ3v) is 2.96. The molecule has 1 rings (SSSR count). The number of halogens is 4. The van der Waals surface area contributed by atoms with Crippen molar-refractivity contribution in [3.8, 4) is 0 Å². The number of Topliss-reactive ketones (excluding diaryl/α,β-unsaturated/α-hetero) is 1. The van der Waals surface area contributed by atoms with Crippen molar-refractivity contribution in [2.24, 2.45) is 5.92 Å². The van der Waals surface area contributed by atoms with Crippen LogP contribution in [0.3, 0.4) is 0 Å². The van der Waals surface area contributed by atoms with Gasteiger partial charge in [0.2, 0.25) is 0 Å². The van der Waals surface area contributed by atoms with Gasteiger partial charge in [0, 0.05) is 16.5 Å². The van der Waals surface area contributed by atoms with Gasteiger partial charge in [-0.1, -0.05) is 31.9 Å². The van der Waals surface area contributed by atoms with Crippen molar-refractivity contribution < 1.29 is 18.0 Å². The highest BCUT2D eigenvalue weighted by Gasteiger charge is 2.36. The smallest absolute Gasteiger partial charge is 0.294 e. The Bertz CT molecular complexity index is 440. The van der Waals surface area contributed by atoms with Crippen LogP contribution in [0.5, 0.6) is 0 Å². The summed E-state index contributed by atoms with van der Waals surface area (Å²) in [6.45, 7) is 3.52. The lowest BCUT2D eigenvalue weighted by atomic mass is 9.92. The van der Waals surface area contributed by atoms with Crippen LogP contribution in [-0.2, 0) is 6.18 Å². The number of carbonyl (C=O) groups excluding carboxylic acids is 1. The Labute approximate surface area is 109 Å². The first kappa shape index (κ1) is 15.0. The predicted octanol–water partition coefficient (Wildman–Crippen LogP) is 4.98. The summed E-state index contributed by atoms with van der Waals surface area (Å²) in [6.07, 6.45) is -3.25. The van der Waals surface area contributed by atoms with E-state index in [0.29, 0.717) is 6.42 Å². The third-order valence-electron chi connectivity index (χ3n) is 2.72. The van der Waals surface area contributed by atoms with E-state index < -0.39 is 23.4 Å². The van der Waals surface area contributed by atoms with Crippen molar-refractivity contribution in [2.75, 3.05) is 0 Å². The fraction of sp³-hybridized carbons (Fsp3) is 0.462. The van der Waals surface area contributed by atoms with Crippen molar-refractivity contribution in [2.45, 2.75) is 32.9 Å². The molecule has 1 aromatic rings. The van der Waals surface area contributed by atoms with E-state index in [1.165, 1.54) is 6.07 Å². The number of carbonyl (C=O) groups is 1. The van der Waals surface area contributed by atoms with Gasteiger partial charge in [-0.2, -0.15) is 13.2 Å². The van der Waals surface area contributed by atoms with Gasteiger partial charge in [0.1, 0.15) is 0 Å². The highest BCUT2D eigenvalue weighted by molar-refractivity contribution is 6.30.